The lowest BCUT2D eigenvalue weighted by atomic mass is 9.97. The Hall–Kier alpha value is -2.21. The molecule has 0 bridgehead atoms. The monoisotopic (exact) mass is 319 g/mol. The molecule has 1 saturated carbocycles. The molecule has 2 rings (SSSR count). The normalized spacial score (nSPS) is 21.5. The predicted octanol–water partition coefficient (Wildman–Crippen LogP) is 1.80. The molecule has 1 fully saturated rings. The van der Waals surface area contributed by atoms with Crippen molar-refractivity contribution in [2.75, 3.05) is 6.61 Å². The van der Waals surface area contributed by atoms with Crippen LogP contribution >= 0.6 is 0 Å². The van der Waals surface area contributed by atoms with Gasteiger partial charge in [-0.3, -0.25) is 5.84 Å². The third kappa shape index (κ3) is 4.39. The van der Waals surface area contributed by atoms with E-state index >= 15 is 0 Å². The van der Waals surface area contributed by atoms with Crippen LogP contribution in [0.2, 0.25) is 0 Å². The summed E-state index contributed by atoms with van der Waals surface area (Å²) in [6, 6.07) is 8.56. The molecule has 0 amide bonds. The number of benzene rings is 1. The Morgan fingerprint density at radius 3 is 2.61 bits per heavy atom. The lowest BCUT2D eigenvalue weighted by Crippen LogP contribution is -2.33. The fourth-order valence-corrected chi connectivity index (χ4v) is 2.86. The van der Waals surface area contributed by atoms with Gasteiger partial charge >= 0.3 is 5.97 Å². The second-order valence-electron chi connectivity index (χ2n) is 5.76. The largest absolute Gasteiger partial charge is 0.474 e. The number of carbonyl (C=O) groups excluding carboxylic acids is 1. The molecule has 0 aliphatic heterocycles. The number of rotatable bonds is 6. The Labute approximate surface area is 136 Å². The van der Waals surface area contributed by atoms with Crippen molar-refractivity contribution in [3.8, 4) is 0 Å². The topological polar surface area (TPSA) is 99.6 Å². The van der Waals surface area contributed by atoms with E-state index in [1.807, 2.05) is 0 Å². The molecule has 126 valence electrons. The van der Waals surface area contributed by atoms with E-state index < -0.39 is 5.97 Å². The molecule has 1 aromatic rings. The van der Waals surface area contributed by atoms with E-state index in [0.717, 1.165) is 19.3 Å². The van der Waals surface area contributed by atoms with E-state index in [1.165, 1.54) is 11.1 Å². The summed E-state index contributed by atoms with van der Waals surface area (Å²) >= 11 is 0. The van der Waals surface area contributed by atoms with E-state index in [-0.39, 0.29) is 24.3 Å². The second-order valence-corrected chi connectivity index (χ2v) is 5.76. The van der Waals surface area contributed by atoms with Gasteiger partial charge < -0.3 is 20.6 Å². The van der Waals surface area contributed by atoms with Crippen LogP contribution in [-0.4, -0.2) is 18.7 Å². The van der Waals surface area contributed by atoms with E-state index in [4.69, 9.17) is 21.1 Å². The predicted molar refractivity (Wildman–Crippen MR) is 87.8 cm³/mol. The molecular formula is C17H25N3O3. The molecule has 6 nitrogen and oxygen atoms in total. The summed E-state index contributed by atoms with van der Waals surface area (Å²) in [5.74, 6) is 5.17. The van der Waals surface area contributed by atoms with Gasteiger partial charge in [-0.05, 0) is 44.6 Å². The number of hydrazine groups is 1. The van der Waals surface area contributed by atoms with Crippen molar-refractivity contribution in [2.45, 2.75) is 45.1 Å². The maximum Gasteiger partial charge on any atom is 0.361 e. The highest BCUT2D eigenvalue weighted by molar-refractivity contribution is 5.88. The van der Waals surface area contributed by atoms with Crippen molar-refractivity contribution < 1.29 is 14.3 Å². The first-order valence-electron chi connectivity index (χ1n) is 7.91. The van der Waals surface area contributed by atoms with Gasteiger partial charge in [-0.1, -0.05) is 29.8 Å². The molecule has 0 heterocycles. The SMILES string of the molecule is CCOC(=O)/C(NN)=C(/N)OC1CCC(c2ccc(C)cc2)C1. The number of nitrogens with one attached hydrogen (secondary N) is 1. The molecule has 6 heteroatoms. The van der Waals surface area contributed by atoms with Gasteiger partial charge in [-0.15, -0.1) is 0 Å². The number of nitrogens with two attached hydrogens (primary N) is 2. The van der Waals surface area contributed by atoms with Gasteiger partial charge in [0, 0.05) is 0 Å². The third-order valence-corrected chi connectivity index (χ3v) is 4.10. The zero-order chi connectivity index (χ0) is 16.8. The summed E-state index contributed by atoms with van der Waals surface area (Å²) in [6.07, 6.45) is 2.76. The van der Waals surface area contributed by atoms with Crippen LogP contribution in [0.5, 0.6) is 0 Å². The third-order valence-electron chi connectivity index (χ3n) is 4.10. The lowest BCUT2D eigenvalue weighted by Gasteiger charge is -2.17. The minimum Gasteiger partial charge on any atom is -0.474 e. The summed E-state index contributed by atoms with van der Waals surface area (Å²) in [7, 11) is 0. The molecule has 0 spiro atoms. The maximum atomic E-state index is 11.7. The highest BCUT2D eigenvalue weighted by Gasteiger charge is 2.28. The summed E-state index contributed by atoms with van der Waals surface area (Å²) in [5, 5.41) is 0. The number of hydrogen-bond acceptors (Lipinski definition) is 6. The fourth-order valence-electron chi connectivity index (χ4n) is 2.86. The molecule has 0 saturated heterocycles. The summed E-state index contributed by atoms with van der Waals surface area (Å²) in [4.78, 5) is 11.7. The molecule has 1 aliphatic carbocycles. The average molecular weight is 319 g/mol. The first-order chi connectivity index (χ1) is 11.0. The zero-order valence-corrected chi connectivity index (χ0v) is 13.7. The van der Waals surface area contributed by atoms with Gasteiger partial charge in [0.15, 0.2) is 5.70 Å². The summed E-state index contributed by atoms with van der Waals surface area (Å²) < 4.78 is 10.6. The van der Waals surface area contributed by atoms with Gasteiger partial charge in [0.1, 0.15) is 6.10 Å². The molecule has 2 unspecified atom stereocenters. The van der Waals surface area contributed by atoms with Crippen molar-refractivity contribution in [1.29, 1.82) is 0 Å². The van der Waals surface area contributed by atoms with Crippen LogP contribution in [0.15, 0.2) is 35.8 Å². The molecule has 2 atom stereocenters. The smallest absolute Gasteiger partial charge is 0.361 e. The minimum atomic E-state index is -0.611. The Morgan fingerprint density at radius 2 is 2.00 bits per heavy atom. The van der Waals surface area contributed by atoms with Crippen LogP contribution in [0.1, 0.15) is 43.2 Å². The van der Waals surface area contributed by atoms with Crippen molar-refractivity contribution in [2.24, 2.45) is 11.6 Å². The van der Waals surface area contributed by atoms with E-state index in [2.05, 4.69) is 36.6 Å². The Kier molecular flexibility index (Phi) is 5.87. The standard InChI is InChI=1S/C17H25N3O3/c1-3-22-17(21)15(20-19)16(18)23-14-9-8-13(10-14)12-6-4-11(2)5-7-12/h4-7,13-14,20H,3,8-10,18-19H2,1-2H3/b16-15+. The molecule has 1 aliphatic rings. The van der Waals surface area contributed by atoms with Crippen molar-refractivity contribution >= 4 is 5.97 Å². The Balaban J connectivity index is 1.98. The molecule has 5 N–H and O–H groups in total. The quantitative estimate of drug-likeness (QED) is 0.243. The number of aryl methyl sites for hydroxylation is 1. The van der Waals surface area contributed by atoms with Crippen LogP contribution in [0, 0.1) is 6.92 Å². The highest BCUT2D eigenvalue weighted by Crippen LogP contribution is 2.36. The van der Waals surface area contributed by atoms with Gasteiger partial charge in [-0.25, -0.2) is 4.79 Å². The highest BCUT2D eigenvalue weighted by atomic mass is 16.5. The van der Waals surface area contributed by atoms with E-state index in [0.29, 0.717) is 5.92 Å². The Bertz CT molecular complexity index is 569. The fraction of sp³-hybridized carbons (Fsp3) is 0.471. The van der Waals surface area contributed by atoms with Gasteiger partial charge in [0.2, 0.25) is 5.88 Å². The van der Waals surface area contributed by atoms with Gasteiger partial charge in [0.25, 0.3) is 0 Å². The average Bonchev–Trinajstić information content (AvgIpc) is 2.97. The molecule has 0 aromatic heterocycles. The molecular weight excluding hydrogens is 294 g/mol. The van der Waals surface area contributed by atoms with Crippen LogP contribution in [0.3, 0.4) is 0 Å². The van der Waals surface area contributed by atoms with E-state index in [9.17, 15) is 4.79 Å². The van der Waals surface area contributed by atoms with E-state index in [1.54, 1.807) is 6.92 Å². The summed E-state index contributed by atoms with van der Waals surface area (Å²) in [5.41, 5.74) is 10.6. The lowest BCUT2D eigenvalue weighted by molar-refractivity contribution is -0.139. The van der Waals surface area contributed by atoms with Gasteiger partial charge in [-0.2, -0.15) is 0 Å². The zero-order valence-electron chi connectivity index (χ0n) is 13.7. The number of ether oxygens (including phenoxy) is 2. The molecule has 0 radical (unpaired) electrons. The van der Waals surface area contributed by atoms with Crippen LogP contribution in [-0.2, 0) is 14.3 Å². The number of esters is 1. The Morgan fingerprint density at radius 1 is 1.30 bits per heavy atom. The first kappa shape index (κ1) is 17.1. The number of hydrogen-bond donors (Lipinski definition) is 3. The van der Waals surface area contributed by atoms with Crippen LogP contribution in [0.4, 0.5) is 0 Å². The van der Waals surface area contributed by atoms with Crippen molar-refractivity contribution in [3.05, 3.63) is 47.0 Å². The van der Waals surface area contributed by atoms with Crippen molar-refractivity contribution in [1.82, 2.24) is 5.43 Å². The van der Waals surface area contributed by atoms with Gasteiger partial charge in [0.05, 0.1) is 6.61 Å². The maximum absolute atomic E-state index is 11.7. The van der Waals surface area contributed by atoms with Crippen molar-refractivity contribution in [3.63, 3.8) is 0 Å². The number of carbonyl (C=O) groups is 1. The van der Waals surface area contributed by atoms with Crippen LogP contribution in [0.25, 0.3) is 0 Å². The second kappa shape index (κ2) is 7.87. The van der Waals surface area contributed by atoms with Crippen LogP contribution < -0.4 is 17.0 Å². The summed E-state index contributed by atoms with van der Waals surface area (Å²) in [6.45, 7) is 4.04. The molecule has 1 aromatic carbocycles. The minimum absolute atomic E-state index is 0.0134. The first-order valence-corrected chi connectivity index (χ1v) is 7.91. The molecule has 23 heavy (non-hydrogen) atoms.